The van der Waals surface area contributed by atoms with Crippen LogP contribution in [0.4, 0.5) is 14.6 Å². The average molecular weight is 291 g/mol. The van der Waals surface area contributed by atoms with Crippen molar-refractivity contribution in [1.82, 2.24) is 10.3 Å². The Hall–Kier alpha value is -2.01. The second-order valence-electron chi connectivity index (χ2n) is 4.87. The lowest BCUT2D eigenvalue weighted by molar-refractivity contribution is 0.582. The van der Waals surface area contributed by atoms with Gasteiger partial charge in [-0.1, -0.05) is 19.1 Å². The minimum absolute atomic E-state index is 0.273. The fourth-order valence-corrected chi connectivity index (χ4v) is 2.12. The molecule has 1 aromatic carbocycles. The van der Waals surface area contributed by atoms with E-state index in [1.165, 1.54) is 12.1 Å². The van der Waals surface area contributed by atoms with Crippen LogP contribution >= 0.6 is 0 Å². The molecule has 0 unspecified atom stereocenters. The van der Waals surface area contributed by atoms with E-state index in [0.717, 1.165) is 12.1 Å². The Kier molecular flexibility index (Phi) is 5.22. The predicted molar refractivity (Wildman–Crippen MR) is 80.1 cm³/mol. The standard InChI is InChI=1S/C16H19F2N3/c1-3-19-10-13-7-8-20-16(15(13)18)21(2)11-12-5-4-6-14(17)9-12/h4-9,19H,3,10-11H2,1-2H3. The molecular weight excluding hydrogens is 272 g/mol. The maximum atomic E-state index is 14.4. The maximum Gasteiger partial charge on any atom is 0.170 e. The number of anilines is 1. The van der Waals surface area contributed by atoms with Gasteiger partial charge in [-0.15, -0.1) is 0 Å². The summed E-state index contributed by atoms with van der Waals surface area (Å²) in [7, 11) is 1.74. The molecule has 0 aliphatic heterocycles. The Balaban J connectivity index is 2.17. The first-order valence-electron chi connectivity index (χ1n) is 6.91. The first-order valence-corrected chi connectivity index (χ1v) is 6.91. The van der Waals surface area contributed by atoms with Crippen LogP contribution in [0.2, 0.25) is 0 Å². The lowest BCUT2D eigenvalue weighted by atomic mass is 10.2. The van der Waals surface area contributed by atoms with Gasteiger partial charge in [0.25, 0.3) is 0 Å². The van der Waals surface area contributed by atoms with Gasteiger partial charge in [-0.05, 0) is 30.3 Å². The molecule has 2 rings (SSSR count). The number of pyridine rings is 1. The number of hydrogen-bond acceptors (Lipinski definition) is 3. The minimum Gasteiger partial charge on any atom is -0.353 e. The first kappa shape index (κ1) is 15.4. The number of nitrogens with zero attached hydrogens (tertiary/aromatic N) is 2. The van der Waals surface area contributed by atoms with Gasteiger partial charge in [-0.25, -0.2) is 13.8 Å². The lowest BCUT2D eigenvalue weighted by Crippen LogP contribution is -2.21. The first-order chi connectivity index (χ1) is 10.1. The highest BCUT2D eigenvalue weighted by Gasteiger charge is 2.13. The van der Waals surface area contributed by atoms with E-state index in [2.05, 4.69) is 10.3 Å². The number of nitrogens with one attached hydrogen (secondary N) is 1. The second kappa shape index (κ2) is 7.13. The molecule has 0 fully saturated rings. The summed E-state index contributed by atoms with van der Waals surface area (Å²) >= 11 is 0. The zero-order valence-corrected chi connectivity index (χ0v) is 12.2. The molecule has 21 heavy (non-hydrogen) atoms. The molecule has 0 radical (unpaired) electrons. The van der Waals surface area contributed by atoms with Gasteiger partial charge in [0.05, 0.1) is 0 Å². The number of rotatable bonds is 6. The lowest BCUT2D eigenvalue weighted by Gasteiger charge is -2.20. The van der Waals surface area contributed by atoms with Gasteiger partial charge in [0, 0.05) is 31.9 Å². The zero-order valence-electron chi connectivity index (χ0n) is 12.2. The van der Waals surface area contributed by atoms with Gasteiger partial charge in [-0.3, -0.25) is 0 Å². The number of aromatic nitrogens is 1. The molecule has 1 aromatic heterocycles. The van der Waals surface area contributed by atoms with Gasteiger partial charge in [0.2, 0.25) is 0 Å². The number of halogens is 2. The molecule has 0 bridgehead atoms. The number of benzene rings is 1. The molecule has 112 valence electrons. The van der Waals surface area contributed by atoms with Crippen molar-refractivity contribution < 1.29 is 8.78 Å². The Labute approximate surface area is 123 Å². The molecular formula is C16H19F2N3. The van der Waals surface area contributed by atoms with E-state index in [-0.39, 0.29) is 17.5 Å². The van der Waals surface area contributed by atoms with Crippen LogP contribution in [0, 0.1) is 11.6 Å². The summed E-state index contributed by atoms with van der Waals surface area (Å²) in [5, 5.41) is 3.09. The largest absolute Gasteiger partial charge is 0.353 e. The highest BCUT2D eigenvalue weighted by atomic mass is 19.1. The smallest absolute Gasteiger partial charge is 0.170 e. The summed E-state index contributed by atoms with van der Waals surface area (Å²) in [5.74, 6) is -0.359. The average Bonchev–Trinajstić information content (AvgIpc) is 2.46. The molecule has 3 nitrogen and oxygen atoms in total. The van der Waals surface area contributed by atoms with Crippen LogP contribution in [-0.2, 0) is 13.1 Å². The van der Waals surface area contributed by atoms with Crippen LogP contribution in [0.15, 0.2) is 36.5 Å². The van der Waals surface area contributed by atoms with Crippen molar-refractivity contribution in [2.24, 2.45) is 0 Å². The van der Waals surface area contributed by atoms with Crippen molar-refractivity contribution >= 4 is 5.82 Å². The van der Waals surface area contributed by atoms with E-state index >= 15 is 0 Å². The third-order valence-electron chi connectivity index (χ3n) is 3.19. The molecule has 1 heterocycles. The Morgan fingerprint density at radius 1 is 1.24 bits per heavy atom. The molecule has 5 heteroatoms. The van der Waals surface area contributed by atoms with Crippen LogP contribution in [-0.4, -0.2) is 18.6 Å². The molecule has 0 spiro atoms. The summed E-state index contributed by atoms with van der Waals surface area (Å²) in [5.41, 5.74) is 1.35. The van der Waals surface area contributed by atoms with Gasteiger partial charge < -0.3 is 10.2 Å². The normalized spacial score (nSPS) is 10.7. The molecule has 0 saturated carbocycles. The molecule has 0 amide bonds. The molecule has 1 N–H and O–H groups in total. The summed E-state index contributed by atoms with van der Waals surface area (Å²) in [6, 6.07) is 7.94. The van der Waals surface area contributed by atoms with Crippen molar-refractivity contribution in [3.05, 3.63) is 59.3 Å². The van der Waals surface area contributed by atoms with Crippen LogP contribution < -0.4 is 10.2 Å². The second-order valence-corrected chi connectivity index (χ2v) is 4.87. The van der Waals surface area contributed by atoms with Crippen molar-refractivity contribution in [2.45, 2.75) is 20.0 Å². The maximum absolute atomic E-state index is 14.4. The van der Waals surface area contributed by atoms with E-state index in [9.17, 15) is 8.78 Å². The van der Waals surface area contributed by atoms with Crippen LogP contribution in [0.1, 0.15) is 18.1 Å². The topological polar surface area (TPSA) is 28.2 Å². The van der Waals surface area contributed by atoms with E-state index in [1.54, 1.807) is 36.3 Å². The van der Waals surface area contributed by atoms with E-state index in [1.807, 2.05) is 6.92 Å². The summed E-state index contributed by atoms with van der Waals surface area (Å²) < 4.78 is 27.6. The van der Waals surface area contributed by atoms with Crippen LogP contribution in [0.25, 0.3) is 0 Å². The number of hydrogen-bond donors (Lipinski definition) is 1. The summed E-state index contributed by atoms with van der Waals surface area (Å²) in [6.45, 7) is 3.60. The Morgan fingerprint density at radius 3 is 2.76 bits per heavy atom. The fourth-order valence-electron chi connectivity index (χ4n) is 2.12. The Morgan fingerprint density at radius 2 is 2.05 bits per heavy atom. The zero-order chi connectivity index (χ0) is 15.2. The third-order valence-corrected chi connectivity index (χ3v) is 3.19. The third kappa shape index (κ3) is 3.98. The van der Waals surface area contributed by atoms with Crippen molar-refractivity contribution in [3.63, 3.8) is 0 Å². The highest BCUT2D eigenvalue weighted by Crippen LogP contribution is 2.20. The van der Waals surface area contributed by atoms with Gasteiger partial charge in [0.15, 0.2) is 11.6 Å². The van der Waals surface area contributed by atoms with E-state index in [4.69, 9.17) is 0 Å². The highest BCUT2D eigenvalue weighted by molar-refractivity contribution is 5.43. The molecule has 0 aliphatic carbocycles. The summed E-state index contributed by atoms with van der Waals surface area (Å²) in [4.78, 5) is 5.78. The van der Waals surface area contributed by atoms with Crippen molar-refractivity contribution in [2.75, 3.05) is 18.5 Å². The fraction of sp³-hybridized carbons (Fsp3) is 0.312. The van der Waals surface area contributed by atoms with Gasteiger partial charge >= 0.3 is 0 Å². The summed E-state index contributed by atoms with van der Waals surface area (Å²) in [6.07, 6.45) is 1.59. The Bertz CT molecular complexity index is 602. The van der Waals surface area contributed by atoms with E-state index < -0.39 is 0 Å². The molecule has 2 aromatic rings. The van der Waals surface area contributed by atoms with E-state index in [0.29, 0.717) is 18.7 Å². The van der Waals surface area contributed by atoms with Crippen molar-refractivity contribution in [1.29, 1.82) is 0 Å². The minimum atomic E-state index is -0.336. The SMILES string of the molecule is CCNCc1ccnc(N(C)Cc2cccc(F)c2)c1F. The predicted octanol–water partition coefficient (Wildman–Crippen LogP) is 3.11. The molecule has 0 saturated heterocycles. The monoisotopic (exact) mass is 291 g/mol. The van der Waals surface area contributed by atoms with Crippen LogP contribution in [0.5, 0.6) is 0 Å². The molecule has 0 aliphatic rings. The van der Waals surface area contributed by atoms with Crippen molar-refractivity contribution in [3.8, 4) is 0 Å². The van der Waals surface area contributed by atoms with Gasteiger partial charge in [-0.2, -0.15) is 0 Å². The van der Waals surface area contributed by atoms with Crippen LogP contribution in [0.3, 0.4) is 0 Å². The quantitative estimate of drug-likeness (QED) is 0.886. The molecule has 0 atom stereocenters. The van der Waals surface area contributed by atoms with Gasteiger partial charge in [0.1, 0.15) is 5.82 Å².